The number of pyridine rings is 1. The molecule has 4 aromatic rings. The van der Waals surface area contributed by atoms with Crippen LogP contribution in [0.5, 0.6) is 11.8 Å². The van der Waals surface area contributed by atoms with Crippen molar-refractivity contribution in [3.8, 4) is 23.0 Å². The van der Waals surface area contributed by atoms with Crippen molar-refractivity contribution < 1.29 is 21.4 Å². The number of aromatic nitrogens is 3. The summed E-state index contributed by atoms with van der Waals surface area (Å²) >= 11 is 0. The van der Waals surface area contributed by atoms with Crippen LogP contribution in [0.4, 0.5) is 14.6 Å². The summed E-state index contributed by atoms with van der Waals surface area (Å²) in [5, 5.41) is 15.6. The monoisotopic (exact) mass is 588 g/mol. The molecule has 224 valence electrons. The highest BCUT2D eigenvalue weighted by atomic mass is 19.1. The Morgan fingerprint density at radius 2 is 2.00 bits per heavy atom. The number of ether oxygens (including phenoxy) is 1. The summed E-state index contributed by atoms with van der Waals surface area (Å²) in [7, 11) is 0. The predicted octanol–water partition coefficient (Wildman–Crippen LogP) is 5.34. The number of nitrogens with zero attached hydrogens (tertiary/aromatic N) is 5. The maximum absolute atomic E-state index is 16.9. The second-order valence-electron chi connectivity index (χ2n) is 12.4. The minimum Gasteiger partial charge on any atom is -0.508 e. The number of hydrogen-bond acceptors (Lipinski definition) is 8. The van der Waals surface area contributed by atoms with E-state index in [1.807, 2.05) is 6.92 Å². The zero-order chi connectivity index (χ0) is 31.1. The van der Waals surface area contributed by atoms with Crippen LogP contribution in [-0.4, -0.2) is 75.3 Å². The minimum absolute atomic E-state index is 0.0525. The first-order chi connectivity index (χ1) is 21.7. The number of phenolic OH excluding ortho intramolecular Hbond substituents is 1. The van der Waals surface area contributed by atoms with E-state index in [0.717, 1.165) is 45.3 Å². The maximum Gasteiger partial charge on any atom is 0.319 e. The molecular weight excluding hydrogens is 550 g/mol. The van der Waals surface area contributed by atoms with E-state index < -0.39 is 23.7 Å². The minimum atomic E-state index is -2.10. The second kappa shape index (κ2) is 10.2. The van der Waals surface area contributed by atoms with Crippen LogP contribution in [0.25, 0.3) is 32.9 Å². The normalized spacial score (nSPS) is 24.0. The van der Waals surface area contributed by atoms with Gasteiger partial charge in [0.05, 0.1) is 13.7 Å². The van der Waals surface area contributed by atoms with E-state index in [2.05, 4.69) is 25.1 Å². The van der Waals surface area contributed by atoms with E-state index in [0.29, 0.717) is 53.3 Å². The highest BCUT2D eigenvalue weighted by Crippen LogP contribution is 2.42. The van der Waals surface area contributed by atoms with E-state index in [9.17, 15) is 9.50 Å². The average Bonchev–Trinajstić information content (AvgIpc) is 3.65. The summed E-state index contributed by atoms with van der Waals surface area (Å²) in [6.45, 7) is 2.79. The summed E-state index contributed by atoms with van der Waals surface area (Å²) in [4.78, 5) is 18.1. The molecule has 0 radical (unpaired) electrons. The van der Waals surface area contributed by atoms with Crippen LogP contribution in [0.1, 0.15) is 53.8 Å². The molecule has 5 saturated heterocycles. The van der Waals surface area contributed by atoms with E-state index >= 15 is 4.39 Å². The quantitative estimate of drug-likeness (QED) is 0.312. The van der Waals surface area contributed by atoms with Gasteiger partial charge in [-0.1, -0.05) is 13.0 Å². The first-order valence-corrected chi connectivity index (χ1v) is 15.4. The molecule has 0 aliphatic carbocycles. The van der Waals surface area contributed by atoms with Crippen molar-refractivity contribution in [3.05, 3.63) is 47.7 Å². The average molecular weight is 589 g/mol. The van der Waals surface area contributed by atoms with Gasteiger partial charge in [-0.15, -0.1) is 0 Å². The van der Waals surface area contributed by atoms with Crippen molar-refractivity contribution in [2.75, 3.05) is 37.6 Å². The molecule has 7 heterocycles. The molecule has 8 nitrogen and oxygen atoms in total. The Labute approximate surface area is 251 Å². The molecule has 5 aliphatic rings. The number of piperidine rings is 2. The third-order valence-electron chi connectivity index (χ3n) is 10.00. The molecule has 5 fully saturated rings. The van der Waals surface area contributed by atoms with E-state index in [-0.39, 0.29) is 40.6 Å². The van der Waals surface area contributed by atoms with Gasteiger partial charge in [0.25, 0.3) is 0 Å². The number of aryl methyl sites for hydroxylation is 1. The smallest absolute Gasteiger partial charge is 0.319 e. The molecule has 2 N–H and O–H groups in total. The lowest BCUT2D eigenvalue weighted by Crippen LogP contribution is -2.61. The van der Waals surface area contributed by atoms with Crippen molar-refractivity contribution in [3.63, 3.8) is 0 Å². The zero-order valence-corrected chi connectivity index (χ0v) is 24.2. The summed E-state index contributed by atoms with van der Waals surface area (Å²) in [5.74, 6) is -0.807. The molecule has 2 unspecified atom stereocenters. The molecule has 5 aliphatic heterocycles. The number of fused-ring (bicyclic) bond motifs is 6. The molecule has 0 saturated carbocycles. The van der Waals surface area contributed by atoms with Crippen LogP contribution >= 0.6 is 0 Å². The fourth-order valence-electron chi connectivity index (χ4n) is 7.89. The van der Waals surface area contributed by atoms with E-state index in [1.165, 1.54) is 24.4 Å². The lowest BCUT2D eigenvalue weighted by molar-refractivity contribution is 0.107. The summed E-state index contributed by atoms with van der Waals surface area (Å²) in [5.41, 5.74) is -0.253. The van der Waals surface area contributed by atoms with Gasteiger partial charge in [-0.25, -0.2) is 8.78 Å². The standard InChI is InChI=1S/C33H36F2N6O2/c1-2-23-26(34)8-5-19-13-22(42)14-24(27(19)23)29-28(35)30-25(16-37-29)31(41-17-20-6-7-21(41)15-36-20)39-32(38-30)43-18-33-9-3-11-40(33)12-4-10-33/h5,8,13-14,16,20-21,36,42H,2-4,6-7,9-12,15,17-18H2,1H3/i18D2. The molecule has 2 bridgehead atoms. The van der Waals surface area contributed by atoms with Gasteiger partial charge in [0.1, 0.15) is 35.2 Å². The molecule has 0 spiro atoms. The Hall–Kier alpha value is -3.63. The van der Waals surface area contributed by atoms with Gasteiger partial charge in [0.15, 0.2) is 5.82 Å². The lowest BCUT2D eigenvalue weighted by atomic mass is 9.92. The molecular formula is C33H36F2N6O2. The molecule has 9 rings (SSSR count). The number of rotatable bonds is 6. The topological polar surface area (TPSA) is 86.6 Å². The van der Waals surface area contributed by atoms with Crippen molar-refractivity contribution in [1.82, 2.24) is 25.2 Å². The van der Waals surface area contributed by atoms with E-state index in [1.54, 1.807) is 6.07 Å². The fraction of sp³-hybridized carbons (Fsp3) is 0.485. The SMILES string of the molecule is [2H]C([2H])(Oc1nc(N2CC3CCC2CN3)c2cnc(-c3cc(O)cc4ccc(F)c(CC)c34)c(F)c2n1)C12CCCN1CCC2. The fourth-order valence-corrected chi connectivity index (χ4v) is 7.89. The molecule has 10 heteroatoms. The Morgan fingerprint density at radius 1 is 1.16 bits per heavy atom. The lowest BCUT2D eigenvalue weighted by Gasteiger charge is -2.46. The third-order valence-corrected chi connectivity index (χ3v) is 10.00. The van der Waals surface area contributed by atoms with Gasteiger partial charge in [-0.3, -0.25) is 9.88 Å². The highest BCUT2D eigenvalue weighted by Gasteiger charge is 2.45. The Bertz CT molecular complexity index is 1820. The number of halogens is 2. The van der Waals surface area contributed by atoms with Crippen LogP contribution in [0, 0.1) is 11.6 Å². The van der Waals surface area contributed by atoms with Crippen LogP contribution in [0.2, 0.25) is 0 Å². The van der Waals surface area contributed by atoms with Crippen LogP contribution in [-0.2, 0) is 6.42 Å². The molecule has 2 atom stereocenters. The molecule has 2 aromatic heterocycles. The number of hydrogen-bond donors (Lipinski definition) is 2. The van der Waals surface area contributed by atoms with Gasteiger partial charge < -0.3 is 20.1 Å². The van der Waals surface area contributed by atoms with E-state index in [4.69, 9.17) is 12.5 Å². The zero-order valence-electron chi connectivity index (χ0n) is 26.2. The van der Waals surface area contributed by atoms with Crippen LogP contribution < -0.4 is 15.0 Å². The van der Waals surface area contributed by atoms with Crippen LogP contribution in [0.3, 0.4) is 0 Å². The first kappa shape index (κ1) is 24.8. The number of benzene rings is 2. The first-order valence-electron chi connectivity index (χ1n) is 16.4. The largest absolute Gasteiger partial charge is 0.508 e. The van der Waals surface area contributed by atoms with Crippen LogP contribution in [0.15, 0.2) is 30.5 Å². The Balaban J connectivity index is 1.32. The number of aromatic hydroxyl groups is 1. The van der Waals surface area contributed by atoms with Gasteiger partial charge in [-0.2, -0.15) is 9.97 Å². The van der Waals surface area contributed by atoms with Gasteiger partial charge in [0.2, 0.25) is 0 Å². The van der Waals surface area contributed by atoms with Crippen molar-refractivity contribution >= 4 is 27.5 Å². The highest BCUT2D eigenvalue weighted by molar-refractivity contribution is 6.01. The predicted molar refractivity (Wildman–Crippen MR) is 162 cm³/mol. The summed E-state index contributed by atoms with van der Waals surface area (Å²) in [6, 6.07) is 6.01. The molecule has 2 aromatic carbocycles. The van der Waals surface area contributed by atoms with Gasteiger partial charge in [-0.05, 0) is 92.6 Å². The number of nitrogens with one attached hydrogen (secondary N) is 1. The Morgan fingerprint density at radius 3 is 2.72 bits per heavy atom. The number of phenols is 1. The third kappa shape index (κ3) is 4.32. The van der Waals surface area contributed by atoms with Gasteiger partial charge in [0, 0.05) is 36.9 Å². The van der Waals surface area contributed by atoms with Crippen molar-refractivity contribution in [1.29, 1.82) is 0 Å². The molecule has 0 amide bonds. The maximum atomic E-state index is 16.9. The van der Waals surface area contributed by atoms with Crippen molar-refractivity contribution in [2.24, 2.45) is 0 Å². The number of piperazine rings is 1. The Kier molecular flexibility index (Phi) is 5.89. The summed E-state index contributed by atoms with van der Waals surface area (Å²) in [6.07, 6.45) is 7.00. The number of anilines is 1. The summed E-state index contributed by atoms with van der Waals surface area (Å²) < 4.78 is 56.2. The second-order valence-corrected chi connectivity index (χ2v) is 12.4. The van der Waals surface area contributed by atoms with Gasteiger partial charge >= 0.3 is 6.01 Å². The molecule has 43 heavy (non-hydrogen) atoms. The van der Waals surface area contributed by atoms with Crippen molar-refractivity contribution in [2.45, 2.75) is 69.5 Å².